The predicted octanol–water partition coefficient (Wildman–Crippen LogP) is 3.80. The maximum absolute atomic E-state index is 6.22. The van der Waals surface area contributed by atoms with E-state index < -0.39 is 0 Å². The van der Waals surface area contributed by atoms with Crippen LogP contribution in [-0.2, 0) is 6.54 Å². The van der Waals surface area contributed by atoms with Gasteiger partial charge >= 0.3 is 0 Å². The lowest BCUT2D eigenvalue weighted by atomic mass is 10.1. The van der Waals surface area contributed by atoms with Gasteiger partial charge in [0.25, 0.3) is 0 Å². The molecule has 0 saturated heterocycles. The van der Waals surface area contributed by atoms with E-state index in [1.807, 2.05) is 57.3 Å². The molecule has 0 bridgehead atoms. The molecule has 0 saturated carbocycles. The molecule has 0 aliphatic heterocycles. The first kappa shape index (κ1) is 15.0. The minimum atomic E-state index is -0.360. The number of nitrogens with zero attached hydrogens (tertiary/aromatic N) is 3. The first-order valence-corrected chi connectivity index (χ1v) is 7.59. The van der Waals surface area contributed by atoms with Crippen LogP contribution >= 0.6 is 11.6 Å². The Morgan fingerprint density at radius 3 is 2.55 bits per heavy atom. The molecule has 0 amide bonds. The van der Waals surface area contributed by atoms with Crippen molar-refractivity contribution in [2.75, 3.05) is 0 Å². The number of imidazole rings is 1. The van der Waals surface area contributed by atoms with Crippen molar-refractivity contribution in [2.45, 2.75) is 32.9 Å². The number of hydrogen-bond donors (Lipinski definition) is 1. The number of benzene rings is 1. The van der Waals surface area contributed by atoms with Gasteiger partial charge in [0.1, 0.15) is 11.3 Å². The third-order valence-corrected chi connectivity index (χ3v) is 3.64. The van der Waals surface area contributed by atoms with Crippen LogP contribution in [0.25, 0.3) is 22.6 Å². The van der Waals surface area contributed by atoms with Crippen LogP contribution in [0.4, 0.5) is 0 Å². The van der Waals surface area contributed by atoms with E-state index in [9.17, 15) is 0 Å². The number of fused-ring (bicyclic) bond motifs is 1. The van der Waals surface area contributed by atoms with Crippen molar-refractivity contribution in [3.8, 4) is 11.4 Å². The molecule has 22 heavy (non-hydrogen) atoms. The third-order valence-electron chi connectivity index (χ3n) is 3.39. The Morgan fingerprint density at radius 2 is 1.91 bits per heavy atom. The number of hydrogen-bond acceptors (Lipinski definition) is 3. The SMILES string of the molecule is Cc1cnc2c(c1)nc(-c1ccc(Cl)cc1)n2CC(C)(C)N. The fourth-order valence-corrected chi connectivity index (χ4v) is 2.61. The molecule has 4 nitrogen and oxygen atoms in total. The topological polar surface area (TPSA) is 56.7 Å². The lowest BCUT2D eigenvalue weighted by Crippen LogP contribution is -2.37. The molecule has 0 unspecified atom stereocenters. The second-order valence-corrected chi connectivity index (χ2v) is 6.81. The Hall–Kier alpha value is -1.91. The molecular weight excluding hydrogens is 296 g/mol. The van der Waals surface area contributed by atoms with Crippen LogP contribution in [0.5, 0.6) is 0 Å². The maximum atomic E-state index is 6.22. The van der Waals surface area contributed by atoms with Crippen LogP contribution in [0, 0.1) is 6.92 Å². The Labute approximate surface area is 134 Å². The normalized spacial score (nSPS) is 12.0. The van der Waals surface area contributed by atoms with Crippen molar-refractivity contribution in [1.29, 1.82) is 0 Å². The molecule has 0 aliphatic carbocycles. The predicted molar refractivity (Wildman–Crippen MR) is 91.0 cm³/mol. The largest absolute Gasteiger partial charge is 0.324 e. The molecule has 3 rings (SSSR count). The van der Waals surface area contributed by atoms with Crippen LogP contribution in [0.15, 0.2) is 36.5 Å². The summed E-state index contributed by atoms with van der Waals surface area (Å²) in [5, 5.41) is 0.708. The highest BCUT2D eigenvalue weighted by Gasteiger charge is 2.19. The highest BCUT2D eigenvalue weighted by Crippen LogP contribution is 2.26. The van der Waals surface area contributed by atoms with Crippen LogP contribution in [-0.4, -0.2) is 20.1 Å². The van der Waals surface area contributed by atoms with Gasteiger partial charge in [-0.15, -0.1) is 0 Å². The molecular formula is C17H19ClN4. The van der Waals surface area contributed by atoms with Crippen molar-refractivity contribution in [3.63, 3.8) is 0 Å². The Kier molecular flexibility index (Phi) is 3.67. The summed E-state index contributed by atoms with van der Waals surface area (Å²) in [6.07, 6.45) is 1.86. The van der Waals surface area contributed by atoms with Gasteiger partial charge in [-0.05, 0) is 56.7 Å². The number of aryl methyl sites for hydroxylation is 1. The van der Waals surface area contributed by atoms with Crippen molar-refractivity contribution >= 4 is 22.8 Å². The summed E-state index contributed by atoms with van der Waals surface area (Å²) in [4.78, 5) is 9.31. The molecule has 5 heteroatoms. The summed E-state index contributed by atoms with van der Waals surface area (Å²) in [5.74, 6) is 0.864. The van der Waals surface area contributed by atoms with Gasteiger partial charge in [-0.2, -0.15) is 0 Å². The summed E-state index contributed by atoms with van der Waals surface area (Å²) in [5.41, 5.74) is 9.69. The van der Waals surface area contributed by atoms with E-state index in [2.05, 4.69) is 9.55 Å². The van der Waals surface area contributed by atoms with Crippen LogP contribution in [0.3, 0.4) is 0 Å². The van der Waals surface area contributed by atoms with Crippen LogP contribution < -0.4 is 5.73 Å². The maximum Gasteiger partial charge on any atom is 0.160 e. The number of nitrogens with two attached hydrogens (primary N) is 1. The van der Waals surface area contributed by atoms with E-state index in [0.29, 0.717) is 11.6 Å². The fraction of sp³-hybridized carbons (Fsp3) is 0.294. The van der Waals surface area contributed by atoms with E-state index >= 15 is 0 Å². The molecule has 0 spiro atoms. The first-order chi connectivity index (χ1) is 10.3. The van der Waals surface area contributed by atoms with E-state index in [1.54, 1.807) is 0 Å². The van der Waals surface area contributed by atoms with Gasteiger partial charge in [0.05, 0.1) is 0 Å². The fourth-order valence-electron chi connectivity index (χ4n) is 2.49. The molecule has 2 heterocycles. The van der Waals surface area contributed by atoms with Crippen LogP contribution in [0.2, 0.25) is 5.02 Å². The molecule has 0 radical (unpaired) electrons. The standard InChI is InChI=1S/C17H19ClN4/c1-11-8-14-16(20-9-11)22(10-17(2,3)19)15(21-14)12-4-6-13(18)7-5-12/h4-9H,10,19H2,1-3H3. The molecule has 0 atom stereocenters. The van der Waals surface area contributed by atoms with Crippen molar-refractivity contribution in [1.82, 2.24) is 14.5 Å². The summed E-state index contributed by atoms with van der Waals surface area (Å²) < 4.78 is 2.08. The number of pyridine rings is 1. The second-order valence-electron chi connectivity index (χ2n) is 6.37. The highest BCUT2D eigenvalue weighted by molar-refractivity contribution is 6.30. The third kappa shape index (κ3) is 2.98. The lowest BCUT2D eigenvalue weighted by molar-refractivity contribution is 0.441. The zero-order chi connectivity index (χ0) is 15.9. The Balaban J connectivity index is 2.23. The second kappa shape index (κ2) is 5.38. The summed E-state index contributed by atoms with van der Waals surface area (Å²) in [6.45, 7) is 6.65. The van der Waals surface area contributed by atoms with Crippen molar-refractivity contribution in [3.05, 3.63) is 47.1 Å². The Morgan fingerprint density at radius 1 is 1.23 bits per heavy atom. The molecule has 114 valence electrons. The van der Waals surface area contributed by atoms with E-state index in [1.165, 1.54) is 0 Å². The minimum absolute atomic E-state index is 0.360. The minimum Gasteiger partial charge on any atom is -0.324 e. The van der Waals surface area contributed by atoms with Gasteiger partial charge < -0.3 is 10.3 Å². The number of halogens is 1. The molecule has 3 aromatic rings. The summed E-state index contributed by atoms with van der Waals surface area (Å²) in [6, 6.07) is 9.72. The molecule has 0 fully saturated rings. The molecule has 2 aromatic heterocycles. The van der Waals surface area contributed by atoms with E-state index in [4.69, 9.17) is 22.3 Å². The summed E-state index contributed by atoms with van der Waals surface area (Å²) in [7, 11) is 0. The van der Waals surface area contributed by atoms with E-state index in [0.717, 1.165) is 28.1 Å². The van der Waals surface area contributed by atoms with Gasteiger partial charge in [-0.25, -0.2) is 9.97 Å². The number of aromatic nitrogens is 3. The highest BCUT2D eigenvalue weighted by atomic mass is 35.5. The Bertz CT molecular complexity index is 813. The average molecular weight is 315 g/mol. The summed E-state index contributed by atoms with van der Waals surface area (Å²) >= 11 is 5.99. The average Bonchev–Trinajstić information content (AvgIpc) is 2.75. The van der Waals surface area contributed by atoms with Gasteiger partial charge in [0.2, 0.25) is 0 Å². The monoisotopic (exact) mass is 314 g/mol. The smallest absolute Gasteiger partial charge is 0.160 e. The van der Waals surface area contributed by atoms with Crippen molar-refractivity contribution in [2.24, 2.45) is 5.73 Å². The lowest BCUT2D eigenvalue weighted by Gasteiger charge is -2.21. The van der Waals surface area contributed by atoms with Gasteiger partial charge in [0, 0.05) is 28.9 Å². The van der Waals surface area contributed by atoms with Gasteiger partial charge in [-0.3, -0.25) is 0 Å². The van der Waals surface area contributed by atoms with Crippen LogP contribution in [0.1, 0.15) is 19.4 Å². The molecule has 0 aliphatic rings. The molecule has 2 N–H and O–H groups in total. The zero-order valence-corrected chi connectivity index (χ0v) is 13.7. The molecule has 1 aromatic carbocycles. The first-order valence-electron chi connectivity index (χ1n) is 7.21. The van der Waals surface area contributed by atoms with Gasteiger partial charge in [0.15, 0.2) is 5.65 Å². The quantitative estimate of drug-likeness (QED) is 0.800. The van der Waals surface area contributed by atoms with E-state index in [-0.39, 0.29) is 5.54 Å². The zero-order valence-electron chi connectivity index (χ0n) is 13.0. The van der Waals surface area contributed by atoms with Gasteiger partial charge in [-0.1, -0.05) is 11.6 Å². The van der Waals surface area contributed by atoms with Crippen molar-refractivity contribution < 1.29 is 0 Å². The number of rotatable bonds is 3.